The van der Waals surface area contributed by atoms with Crippen molar-refractivity contribution in [3.8, 4) is 34.6 Å². The molecule has 12 rings (SSSR count). The maximum Gasteiger partial charge on any atom is 0.160 e. The summed E-state index contributed by atoms with van der Waals surface area (Å²) < 4.78 is 17.4. The number of furan rings is 2. The fourth-order valence-corrected chi connectivity index (χ4v) is 8.91. The smallest absolute Gasteiger partial charge is 0.160 e. The molecule has 0 spiro atoms. The number of aromatic nitrogens is 2. The van der Waals surface area contributed by atoms with Crippen LogP contribution in [0.5, 0.6) is 0 Å². The van der Waals surface area contributed by atoms with Crippen molar-refractivity contribution in [3.63, 3.8) is 0 Å². The third kappa shape index (κ3) is 4.18. The molecule has 6 heteroatoms. The van der Waals surface area contributed by atoms with Crippen LogP contribution in [0, 0.1) is 22.7 Å². The normalized spacial score (nSPS) is 11.9. The highest BCUT2D eigenvalue weighted by Crippen LogP contribution is 2.42. The van der Waals surface area contributed by atoms with Crippen molar-refractivity contribution in [2.75, 3.05) is 0 Å². The van der Waals surface area contributed by atoms with Crippen molar-refractivity contribution in [1.29, 1.82) is 10.5 Å². The Morgan fingerprint density at radius 2 is 0.911 bits per heavy atom. The number of hydrogen-bond donors (Lipinski definition) is 0. The molecule has 0 aliphatic heterocycles. The number of benzene rings is 8. The molecule has 258 valence electrons. The molecule has 0 saturated heterocycles. The van der Waals surface area contributed by atoms with Crippen LogP contribution < -0.4 is 0 Å². The van der Waals surface area contributed by atoms with E-state index in [0.717, 1.165) is 110 Å². The largest absolute Gasteiger partial charge is 0.456 e. The minimum atomic E-state index is 0.509. The van der Waals surface area contributed by atoms with E-state index in [1.807, 2.05) is 72.8 Å². The lowest BCUT2D eigenvalue weighted by atomic mass is 9.99. The number of rotatable bonds is 3. The molecule has 0 aliphatic carbocycles. The molecule has 0 unspecified atom stereocenters. The first kappa shape index (κ1) is 30.4. The Morgan fingerprint density at radius 1 is 0.375 bits per heavy atom. The summed E-state index contributed by atoms with van der Waals surface area (Å²) in [6, 6.07) is 58.3. The van der Waals surface area contributed by atoms with E-state index in [2.05, 4.69) is 106 Å². The minimum absolute atomic E-state index is 0.509. The zero-order valence-corrected chi connectivity index (χ0v) is 29.6. The molecule has 0 atom stereocenters. The molecule has 8 aromatic carbocycles. The van der Waals surface area contributed by atoms with Crippen LogP contribution >= 0.6 is 0 Å². The molecule has 0 bridgehead atoms. The van der Waals surface area contributed by atoms with Gasteiger partial charge < -0.3 is 18.0 Å². The van der Waals surface area contributed by atoms with Crippen molar-refractivity contribution < 1.29 is 8.83 Å². The van der Waals surface area contributed by atoms with Gasteiger partial charge in [-0.05, 0) is 90.0 Å². The number of nitrogens with zero attached hydrogens (tertiary/aromatic N) is 4. The maximum absolute atomic E-state index is 10.5. The fourth-order valence-electron chi connectivity index (χ4n) is 8.91. The van der Waals surface area contributed by atoms with Crippen LogP contribution in [0.25, 0.3) is 110 Å². The molecular weight excluding hydrogens is 689 g/mol. The highest BCUT2D eigenvalue weighted by atomic mass is 16.3. The van der Waals surface area contributed by atoms with Crippen molar-refractivity contribution in [1.82, 2.24) is 9.13 Å². The summed E-state index contributed by atoms with van der Waals surface area (Å²) in [7, 11) is 0. The van der Waals surface area contributed by atoms with Crippen molar-refractivity contribution in [2.45, 2.75) is 0 Å². The number of para-hydroxylation sites is 4. The molecule has 0 radical (unpaired) electrons. The Kier molecular flexibility index (Phi) is 6.10. The summed E-state index contributed by atoms with van der Waals surface area (Å²) in [5.74, 6) is 0. The summed E-state index contributed by atoms with van der Waals surface area (Å²) >= 11 is 0. The molecule has 0 N–H and O–H groups in total. The topological polar surface area (TPSA) is 83.7 Å². The maximum atomic E-state index is 10.5. The van der Waals surface area contributed by atoms with Crippen LogP contribution in [0.1, 0.15) is 11.1 Å². The fraction of sp³-hybridized carbons (Fsp3) is 0. The number of fused-ring (bicyclic) bond motifs is 13. The monoisotopic (exact) mass is 714 g/mol. The first-order valence-electron chi connectivity index (χ1n) is 18.4. The lowest BCUT2D eigenvalue weighted by molar-refractivity contribution is 0.669. The van der Waals surface area contributed by atoms with Gasteiger partial charge in [0.2, 0.25) is 0 Å². The summed E-state index contributed by atoms with van der Waals surface area (Å²) in [6.07, 6.45) is 0. The van der Waals surface area contributed by atoms with Gasteiger partial charge >= 0.3 is 0 Å². The first-order valence-corrected chi connectivity index (χ1v) is 18.4. The summed E-state index contributed by atoms with van der Waals surface area (Å²) in [6.45, 7) is 0. The van der Waals surface area contributed by atoms with E-state index >= 15 is 0 Å². The van der Waals surface area contributed by atoms with Crippen LogP contribution in [0.4, 0.5) is 0 Å². The standard InChI is InChI=1S/C50H26N4O2/c51-27-29-19-31(23-33(21-29)53-43-13-5-2-10-36(43)41-26-48-42(25-45(41)53)38-12-4-7-15-46(38)55-48)32-20-30(28-52)22-34(24-32)54-44-14-6-1-9-35(44)39-17-18-40-37-11-3-8-16-47(37)56-50(40)49(39)54/h1-26H. The van der Waals surface area contributed by atoms with E-state index in [-0.39, 0.29) is 0 Å². The summed E-state index contributed by atoms with van der Waals surface area (Å²) in [5, 5.41) is 29.4. The summed E-state index contributed by atoms with van der Waals surface area (Å²) in [4.78, 5) is 0. The third-order valence-electron chi connectivity index (χ3n) is 11.3. The highest BCUT2D eigenvalue weighted by molar-refractivity contribution is 6.22. The van der Waals surface area contributed by atoms with Gasteiger partial charge in [0.15, 0.2) is 5.58 Å². The second-order valence-corrected chi connectivity index (χ2v) is 14.4. The SMILES string of the molecule is N#Cc1cc(-c2cc(C#N)cc(-n3c4ccccc4c4ccc5c6ccccc6oc5c43)c2)cc(-n2c3ccccc3c3cc4oc5ccccc5c4cc32)c1. The van der Waals surface area contributed by atoms with E-state index in [1.54, 1.807) is 0 Å². The van der Waals surface area contributed by atoms with Gasteiger partial charge in [-0.15, -0.1) is 0 Å². The predicted molar refractivity (Wildman–Crippen MR) is 225 cm³/mol. The highest BCUT2D eigenvalue weighted by Gasteiger charge is 2.21. The van der Waals surface area contributed by atoms with E-state index in [9.17, 15) is 10.5 Å². The van der Waals surface area contributed by atoms with E-state index < -0.39 is 0 Å². The molecule has 56 heavy (non-hydrogen) atoms. The molecule has 12 aromatic rings. The lowest BCUT2D eigenvalue weighted by Gasteiger charge is -2.14. The Hall–Kier alpha value is -8.06. The van der Waals surface area contributed by atoms with Gasteiger partial charge in [-0.25, -0.2) is 0 Å². The van der Waals surface area contributed by atoms with Crippen LogP contribution in [0.2, 0.25) is 0 Å². The second-order valence-electron chi connectivity index (χ2n) is 14.4. The van der Waals surface area contributed by atoms with E-state index in [0.29, 0.717) is 11.1 Å². The van der Waals surface area contributed by atoms with Crippen LogP contribution in [0.15, 0.2) is 167 Å². The van der Waals surface area contributed by atoms with Crippen LogP contribution in [-0.4, -0.2) is 9.13 Å². The van der Waals surface area contributed by atoms with Gasteiger partial charge in [-0.2, -0.15) is 10.5 Å². The van der Waals surface area contributed by atoms with E-state index in [1.165, 1.54) is 0 Å². The zero-order chi connectivity index (χ0) is 37.1. The van der Waals surface area contributed by atoms with E-state index in [4.69, 9.17) is 8.83 Å². The molecule has 0 aliphatic rings. The summed E-state index contributed by atoms with van der Waals surface area (Å²) in [5.41, 5.74) is 11.6. The molecule has 0 amide bonds. The van der Waals surface area contributed by atoms with Crippen molar-refractivity contribution in [2.24, 2.45) is 0 Å². The quantitative estimate of drug-likeness (QED) is 0.182. The second kappa shape index (κ2) is 11.2. The Labute approximate surface area is 318 Å². The van der Waals surface area contributed by atoms with Gasteiger partial charge in [0.05, 0.1) is 45.3 Å². The Morgan fingerprint density at radius 3 is 1.59 bits per heavy atom. The zero-order valence-electron chi connectivity index (χ0n) is 29.6. The first-order chi connectivity index (χ1) is 27.6. The van der Waals surface area contributed by atoms with Gasteiger partial charge in [0.1, 0.15) is 16.7 Å². The van der Waals surface area contributed by atoms with Crippen molar-refractivity contribution in [3.05, 3.63) is 169 Å². The minimum Gasteiger partial charge on any atom is -0.456 e. The van der Waals surface area contributed by atoms with Gasteiger partial charge in [-0.3, -0.25) is 0 Å². The Balaban J connectivity index is 1.12. The Bertz CT molecular complexity index is 3750. The lowest BCUT2D eigenvalue weighted by Crippen LogP contribution is -1.98. The van der Waals surface area contributed by atoms with Crippen molar-refractivity contribution >= 4 is 87.5 Å². The number of hydrogen-bond acceptors (Lipinski definition) is 4. The predicted octanol–water partition coefficient (Wildman–Crippen LogP) is 13.1. The third-order valence-corrected chi connectivity index (χ3v) is 11.3. The molecule has 0 fully saturated rings. The van der Waals surface area contributed by atoms with Crippen LogP contribution in [-0.2, 0) is 0 Å². The van der Waals surface area contributed by atoms with Gasteiger partial charge in [0.25, 0.3) is 0 Å². The average Bonchev–Trinajstić information content (AvgIpc) is 4.00. The van der Waals surface area contributed by atoms with Gasteiger partial charge in [-0.1, -0.05) is 78.9 Å². The molecule has 6 nitrogen and oxygen atoms in total. The molecular formula is C50H26N4O2. The van der Waals surface area contributed by atoms with Crippen LogP contribution in [0.3, 0.4) is 0 Å². The van der Waals surface area contributed by atoms with Gasteiger partial charge in [0, 0.05) is 54.5 Å². The molecule has 0 saturated carbocycles. The molecule has 4 aromatic heterocycles. The molecule has 4 heterocycles. The average molecular weight is 715 g/mol. The number of nitriles is 2.